The maximum atomic E-state index is 10.9. The molecule has 0 saturated heterocycles. The second kappa shape index (κ2) is 3.34. The van der Waals surface area contributed by atoms with Crippen molar-refractivity contribution in [2.75, 3.05) is 7.11 Å². The number of carbonyl (C=O) groups is 1. The van der Waals surface area contributed by atoms with E-state index in [9.17, 15) is 4.79 Å². The molecule has 1 rings (SSSR count). The van der Waals surface area contributed by atoms with Crippen LogP contribution in [0.4, 0.5) is 0 Å². The SMILES string of the molecule is COC(=O)C1=CC=C[C@H](O)C1. The van der Waals surface area contributed by atoms with Gasteiger partial charge in [0.25, 0.3) is 0 Å². The minimum atomic E-state index is -0.547. The molecule has 1 N–H and O–H groups in total. The summed E-state index contributed by atoms with van der Waals surface area (Å²) in [6.07, 6.45) is 4.74. The summed E-state index contributed by atoms with van der Waals surface area (Å²) in [7, 11) is 1.33. The van der Waals surface area contributed by atoms with Crippen molar-refractivity contribution in [1.29, 1.82) is 0 Å². The van der Waals surface area contributed by atoms with Gasteiger partial charge in [-0.3, -0.25) is 0 Å². The van der Waals surface area contributed by atoms with Crippen molar-refractivity contribution < 1.29 is 14.6 Å². The summed E-state index contributed by atoms with van der Waals surface area (Å²) in [5.74, 6) is -0.367. The molecule has 0 unspecified atom stereocenters. The van der Waals surface area contributed by atoms with Gasteiger partial charge < -0.3 is 9.84 Å². The van der Waals surface area contributed by atoms with Crippen LogP contribution in [0.1, 0.15) is 6.42 Å². The molecule has 0 fully saturated rings. The molecule has 1 aliphatic rings. The van der Waals surface area contributed by atoms with Gasteiger partial charge in [0.15, 0.2) is 0 Å². The zero-order valence-corrected chi connectivity index (χ0v) is 6.28. The monoisotopic (exact) mass is 154 g/mol. The molecule has 1 aliphatic carbocycles. The predicted octanol–water partition coefficient (Wildman–Crippen LogP) is 0.407. The quantitative estimate of drug-likeness (QED) is 0.556. The van der Waals surface area contributed by atoms with Crippen LogP contribution < -0.4 is 0 Å². The molecule has 0 aromatic rings. The van der Waals surface area contributed by atoms with E-state index < -0.39 is 6.10 Å². The molecule has 0 heterocycles. The summed E-state index contributed by atoms with van der Waals surface area (Å²) >= 11 is 0. The molecule has 60 valence electrons. The third kappa shape index (κ3) is 1.91. The van der Waals surface area contributed by atoms with E-state index in [1.165, 1.54) is 7.11 Å². The topological polar surface area (TPSA) is 46.5 Å². The van der Waals surface area contributed by atoms with E-state index in [-0.39, 0.29) is 5.97 Å². The van der Waals surface area contributed by atoms with Crippen LogP contribution in [0.2, 0.25) is 0 Å². The Labute approximate surface area is 65.0 Å². The lowest BCUT2D eigenvalue weighted by Gasteiger charge is -2.10. The molecule has 0 saturated carbocycles. The van der Waals surface area contributed by atoms with Crippen LogP contribution in [0, 0.1) is 0 Å². The fourth-order valence-electron chi connectivity index (χ4n) is 0.944. The van der Waals surface area contributed by atoms with E-state index in [4.69, 9.17) is 5.11 Å². The van der Waals surface area contributed by atoms with Crippen molar-refractivity contribution in [1.82, 2.24) is 0 Å². The molecule has 3 heteroatoms. The maximum Gasteiger partial charge on any atom is 0.333 e. The number of aliphatic hydroxyl groups excluding tert-OH is 1. The molecule has 0 bridgehead atoms. The van der Waals surface area contributed by atoms with Crippen LogP contribution in [0.15, 0.2) is 23.8 Å². The molecule has 0 aromatic carbocycles. The van der Waals surface area contributed by atoms with E-state index in [1.807, 2.05) is 0 Å². The number of hydrogen-bond acceptors (Lipinski definition) is 3. The summed E-state index contributed by atoms with van der Waals surface area (Å²) in [5, 5.41) is 9.09. The minimum Gasteiger partial charge on any atom is -0.466 e. The molecular weight excluding hydrogens is 144 g/mol. The van der Waals surface area contributed by atoms with E-state index >= 15 is 0 Å². The van der Waals surface area contributed by atoms with Gasteiger partial charge >= 0.3 is 5.97 Å². The Balaban J connectivity index is 2.66. The Hall–Kier alpha value is -1.09. The van der Waals surface area contributed by atoms with Crippen LogP contribution in [0.3, 0.4) is 0 Å². The molecule has 3 nitrogen and oxygen atoms in total. The molecule has 0 spiro atoms. The molecule has 11 heavy (non-hydrogen) atoms. The fraction of sp³-hybridized carbons (Fsp3) is 0.375. The maximum absolute atomic E-state index is 10.9. The first-order valence-electron chi connectivity index (χ1n) is 3.38. The summed E-state index contributed by atoms with van der Waals surface area (Å²) in [4.78, 5) is 10.9. The first kappa shape index (κ1) is 8.01. The minimum absolute atomic E-state index is 0.350. The number of methoxy groups -OCH3 is 1. The smallest absolute Gasteiger partial charge is 0.333 e. The average molecular weight is 154 g/mol. The van der Waals surface area contributed by atoms with Crippen molar-refractivity contribution in [3.8, 4) is 0 Å². The lowest BCUT2D eigenvalue weighted by Crippen LogP contribution is -2.14. The Kier molecular flexibility index (Phi) is 2.44. The van der Waals surface area contributed by atoms with Crippen molar-refractivity contribution in [2.45, 2.75) is 12.5 Å². The number of esters is 1. The van der Waals surface area contributed by atoms with E-state index in [2.05, 4.69) is 4.74 Å². The van der Waals surface area contributed by atoms with Gasteiger partial charge in [-0.05, 0) is 0 Å². The van der Waals surface area contributed by atoms with Gasteiger partial charge in [-0.15, -0.1) is 0 Å². The van der Waals surface area contributed by atoms with Gasteiger partial charge in [0, 0.05) is 12.0 Å². The van der Waals surface area contributed by atoms with Crippen LogP contribution in [-0.4, -0.2) is 24.3 Å². The van der Waals surface area contributed by atoms with Crippen LogP contribution in [-0.2, 0) is 9.53 Å². The van der Waals surface area contributed by atoms with Crippen LogP contribution in [0.25, 0.3) is 0 Å². The molecule has 0 aromatic heterocycles. The largest absolute Gasteiger partial charge is 0.466 e. The zero-order valence-electron chi connectivity index (χ0n) is 6.28. The molecule has 0 amide bonds. The summed E-state index contributed by atoms with van der Waals surface area (Å²) in [6.45, 7) is 0. The highest BCUT2D eigenvalue weighted by Gasteiger charge is 2.14. The van der Waals surface area contributed by atoms with E-state index in [0.717, 1.165) is 0 Å². The number of allylic oxidation sites excluding steroid dienone is 2. The predicted molar refractivity (Wildman–Crippen MR) is 39.9 cm³/mol. The third-order valence-corrected chi connectivity index (χ3v) is 1.51. The zero-order chi connectivity index (χ0) is 8.27. The molecule has 1 atom stereocenters. The Morgan fingerprint density at radius 2 is 2.55 bits per heavy atom. The first-order valence-corrected chi connectivity index (χ1v) is 3.38. The highest BCUT2D eigenvalue weighted by atomic mass is 16.5. The second-order valence-electron chi connectivity index (χ2n) is 2.34. The number of rotatable bonds is 1. The highest BCUT2D eigenvalue weighted by Crippen LogP contribution is 2.13. The van der Waals surface area contributed by atoms with Gasteiger partial charge in [0.1, 0.15) is 0 Å². The Morgan fingerprint density at radius 3 is 3.09 bits per heavy atom. The number of ether oxygens (including phenoxy) is 1. The second-order valence-corrected chi connectivity index (χ2v) is 2.34. The molecular formula is C8H10O3. The normalized spacial score (nSPS) is 22.7. The van der Waals surface area contributed by atoms with Gasteiger partial charge in [-0.1, -0.05) is 18.2 Å². The van der Waals surface area contributed by atoms with Crippen molar-refractivity contribution >= 4 is 5.97 Å². The third-order valence-electron chi connectivity index (χ3n) is 1.51. The van der Waals surface area contributed by atoms with Crippen molar-refractivity contribution in [2.24, 2.45) is 0 Å². The van der Waals surface area contributed by atoms with Crippen molar-refractivity contribution in [3.63, 3.8) is 0 Å². The standard InChI is InChI=1S/C8H10O3/c1-11-8(10)6-3-2-4-7(9)5-6/h2-4,7,9H,5H2,1H3/t7-/m0/s1. The summed E-state index contributed by atoms with van der Waals surface area (Å²) < 4.78 is 4.49. The summed E-state index contributed by atoms with van der Waals surface area (Å²) in [5.41, 5.74) is 0.516. The van der Waals surface area contributed by atoms with Crippen molar-refractivity contribution in [3.05, 3.63) is 23.8 Å². The Bertz CT molecular complexity index is 215. The summed E-state index contributed by atoms with van der Waals surface area (Å²) in [6, 6.07) is 0. The average Bonchev–Trinajstić information content (AvgIpc) is 2.03. The van der Waals surface area contributed by atoms with Gasteiger partial charge in [0.05, 0.1) is 13.2 Å². The van der Waals surface area contributed by atoms with Gasteiger partial charge in [-0.25, -0.2) is 4.79 Å². The van der Waals surface area contributed by atoms with Gasteiger partial charge in [-0.2, -0.15) is 0 Å². The highest BCUT2D eigenvalue weighted by molar-refractivity contribution is 5.89. The lowest BCUT2D eigenvalue weighted by molar-refractivity contribution is -0.136. The molecule has 0 aliphatic heterocycles. The van der Waals surface area contributed by atoms with Crippen LogP contribution in [0.5, 0.6) is 0 Å². The fourth-order valence-corrected chi connectivity index (χ4v) is 0.944. The van der Waals surface area contributed by atoms with E-state index in [1.54, 1.807) is 18.2 Å². The Morgan fingerprint density at radius 1 is 1.82 bits per heavy atom. The number of aliphatic hydroxyl groups is 1. The first-order chi connectivity index (χ1) is 5.24. The molecule has 0 radical (unpaired) electrons. The number of hydrogen-bond donors (Lipinski definition) is 1. The lowest BCUT2D eigenvalue weighted by atomic mass is 10.0. The van der Waals surface area contributed by atoms with Gasteiger partial charge in [0.2, 0.25) is 0 Å². The number of carbonyl (C=O) groups excluding carboxylic acids is 1. The van der Waals surface area contributed by atoms with E-state index in [0.29, 0.717) is 12.0 Å². The van der Waals surface area contributed by atoms with Crippen LogP contribution >= 0.6 is 0 Å².